The predicted molar refractivity (Wildman–Crippen MR) is 107 cm³/mol. The summed E-state index contributed by atoms with van der Waals surface area (Å²) in [7, 11) is -3.49. The monoisotopic (exact) mass is 396 g/mol. The third-order valence-corrected chi connectivity index (χ3v) is 6.45. The second kappa shape index (κ2) is 9.14. The molecular formula is C19H32N4O3S. The van der Waals surface area contributed by atoms with Gasteiger partial charge in [0.2, 0.25) is 15.9 Å². The number of aryl methyl sites for hydroxylation is 1. The Hall–Kier alpha value is -1.48. The summed E-state index contributed by atoms with van der Waals surface area (Å²) in [5.74, 6) is 0.00377. The topological polar surface area (TPSA) is 95.7 Å². The summed E-state index contributed by atoms with van der Waals surface area (Å²) in [5.41, 5.74) is 6.36. The molecule has 1 amide bonds. The molecule has 0 aliphatic carbocycles. The van der Waals surface area contributed by atoms with Gasteiger partial charge in [0, 0.05) is 39.3 Å². The average molecular weight is 397 g/mol. The maximum absolute atomic E-state index is 12.5. The van der Waals surface area contributed by atoms with Gasteiger partial charge in [-0.2, -0.15) is 0 Å². The number of rotatable bonds is 8. The zero-order chi connectivity index (χ0) is 20.1. The Morgan fingerprint density at radius 1 is 1.19 bits per heavy atom. The smallest absolute Gasteiger partial charge is 0.242 e. The number of carbonyl (C=O) groups excluding carboxylic acids is 1. The predicted octanol–water partition coefficient (Wildman–Crippen LogP) is 0.935. The van der Waals surface area contributed by atoms with Crippen LogP contribution in [0, 0.1) is 6.92 Å². The van der Waals surface area contributed by atoms with Gasteiger partial charge in [0.25, 0.3) is 0 Å². The number of hydrogen-bond acceptors (Lipinski definition) is 5. The van der Waals surface area contributed by atoms with Crippen molar-refractivity contribution in [3.05, 3.63) is 29.8 Å². The molecule has 7 nitrogen and oxygen atoms in total. The molecule has 1 fully saturated rings. The molecule has 1 unspecified atom stereocenters. The summed E-state index contributed by atoms with van der Waals surface area (Å²) in [6.07, 6.45) is 1.55. The van der Waals surface area contributed by atoms with Crippen LogP contribution in [0.2, 0.25) is 0 Å². The molecular weight excluding hydrogens is 364 g/mol. The van der Waals surface area contributed by atoms with Crippen LogP contribution in [0.15, 0.2) is 29.2 Å². The highest BCUT2D eigenvalue weighted by atomic mass is 32.2. The molecule has 27 heavy (non-hydrogen) atoms. The van der Waals surface area contributed by atoms with Crippen LogP contribution in [0.3, 0.4) is 0 Å². The Bertz CT molecular complexity index is 724. The van der Waals surface area contributed by atoms with Crippen LogP contribution in [0.25, 0.3) is 0 Å². The average Bonchev–Trinajstić information content (AvgIpc) is 2.62. The number of nitrogens with one attached hydrogen (secondary N) is 1. The van der Waals surface area contributed by atoms with Crippen molar-refractivity contribution in [3.63, 3.8) is 0 Å². The van der Waals surface area contributed by atoms with Crippen molar-refractivity contribution in [1.82, 2.24) is 14.5 Å². The lowest BCUT2D eigenvalue weighted by Gasteiger charge is -2.38. The first-order valence-corrected chi connectivity index (χ1v) is 11.0. The second-order valence-corrected chi connectivity index (χ2v) is 9.28. The van der Waals surface area contributed by atoms with Crippen molar-refractivity contribution < 1.29 is 13.2 Å². The number of amides is 1. The lowest BCUT2D eigenvalue weighted by Crippen LogP contribution is -2.58. The number of piperazine rings is 1. The standard InChI is InChI=1S/C19H32N4O3S/c1-4-9-19(3,20)18(24)23-14-12-22(13-15-23)11-10-21-27(25,26)17-7-5-16(2)6-8-17/h5-8,21H,4,9-15,20H2,1-3H3. The molecule has 8 heteroatoms. The number of nitrogens with two attached hydrogens (primary N) is 1. The Labute approximate surface area is 163 Å². The van der Waals surface area contributed by atoms with Crippen molar-refractivity contribution in [3.8, 4) is 0 Å². The lowest BCUT2D eigenvalue weighted by molar-refractivity contribution is -0.138. The third-order valence-electron chi connectivity index (χ3n) is 4.97. The SMILES string of the molecule is CCCC(C)(N)C(=O)N1CCN(CCNS(=O)(=O)c2ccc(C)cc2)CC1. The zero-order valence-electron chi connectivity index (χ0n) is 16.6. The Kier molecular flexibility index (Phi) is 7.39. The minimum absolute atomic E-state index is 0.00377. The van der Waals surface area contributed by atoms with Gasteiger partial charge in [-0.25, -0.2) is 13.1 Å². The number of sulfonamides is 1. The van der Waals surface area contributed by atoms with Crippen molar-refractivity contribution in [2.24, 2.45) is 5.73 Å². The van der Waals surface area contributed by atoms with Crippen LogP contribution in [0.5, 0.6) is 0 Å². The highest BCUT2D eigenvalue weighted by molar-refractivity contribution is 7.89. The summed E-state index contributed by atoms with van der Waals surface area (Å²) in [6.45, 7) is 9.39. The maximum atomic E-state index is 12.5. The van der Waals surface area contributed by atoms with Crippen LogP contribution in [-0.4, -0.2) is 68.9 Å². The summed E-state index contributed by atoms with van der Waals surface area (Å²) in [6, 6.07) is 6.80. The van der Waals surface area contributed by atoms with E-state index >= 15 is 0 Å². The van der Waals surface area contributed by atoms with Crippen LogP contribution in [0.4, 0.5) is 0 Å². The molecule has 0 radical (unpaired) electrons. The first kappa shape index (κ1) is 21.8. The lowest BCUT2D eigenvalue weighted by atomic mass is 9.95. The van der Waals surface area contributed by atoms with E-state index in [0.717, 1.165) is 25.1 Å². The van der Waals surface area contributed by atoms with E-state index in [0.29, 0.717) is 32.6 Å². The zero-order valence-corrected chi connectivity index (χ0v) is 17.4. The van der Waals surface area contributed by atoms with E-state index in [1.54, 1.807) is 31.2 Å². The summed E-state index contributed by atoms with van der Waals surface area (Å²) in [5, 5.41) is 0. The fraction of sp³-hybridized carbons (Fsp3) is 0.632. The first-order chi connectivity index (χ1) is 12.7. The van der Waals surface area contributed by atoms with Crippen molar-refractivity contribution in [2.75, 3.05) is 39.3 Å². The van der Waals surface area contributed by atoms with Crippen molar-refractivity contribution in [2.45, 2.75) is 44.0 Å². The Balaban J connectivity index is 1.78. The summed E-state index contributed by atoms with van der Waals surface area (Å²) >= 11 is 0. The molecule has 1 heterocycles. The molecule has 0 spiro atoms. The first-order valence-electron chi connectivity index (χ1n) is 9.52. The normalized spacial score (nSPS) is 18.3. The number of hydrogen-bond donors (Lipinski definition) is 2. The molecule has 0 aromatic heterocycles. The van der Waals surface area contributed by atoms with Crippen LogP contribution < -0.4 is 10.5 Å². The van der Waals surface area contributed by atoms with E-state index in [4.69, 9.17) is 5.73 Å². The largest absolute Gasteiger partial charge is 0.339 e. The van der Waals surface area contributed by atoms with Gasteiger partial charge in [0.15, 0.2) is 0 Å². The quantitative estimate of drug-likeness (QED) is 0.682. The molecule has 0 bridgehead atoms. The van der Waals surface area contributed by atoms with Crippen LogP contribution in [0.1, 0.15) is 32.3 Å². The second-order valence-electron chi connectivity index (χ2n) is 7.51. The number of nitrogens with zero attached hydrogens (tertiary/aromatic N) is 2. The van der Waals surface area contributed by atoms with E-state index in [1.807, 2.05) is 18.7 Å². The number of benzene rings is 1. The molecule has 2 rings (SSSR count). The highest BCUT2D eigenvalue weighted by Gasteiger charge is 2.33. The van der Waals surface area contributed by atoms with E-state index in [-0.39, 0.29) is 10.8 Å². The minimum atomic E-state index is -3.49. The molecule has 1 saturated heterocycles. The molecule has 1 atom stereocenters. The molecule has 1 aromatic rings. The maximum Gasteiger partial charge on any atom is 0.242 e. The van der Waals surface area contributed by atoms with Gasteiger partial charge in [-0.05, 0) is 32.4 Å². The molecule has 1 aromatic carbocycles. The third kappa shape index (κ3) is 6.00. The molecule has 152 valence electrons. The van der Waals surface area contributed by atoms with E-state index < -0.39 is 15.6 Å². The van der Waals surface area contributed by atoms with Gasteiger partial charge in [0.1, 0.15) is 0 Å². The highest BCUT2D eigenvalue weighted by Crippen LogP contribution is 2.15. The van der Waals surface area contributed by atoms with Gasteiger partial charge in [0.05, 0.1) is 10.4 Å². The van der Waals surface area contributed by atoms with Crippen LogP contribution >= 0.6 is 0 Å². The van der Waals surface area contributed by atoms with E-state index in [2.05, 4.69) is 9.62 Å². The number of carbonyl (C=O) groups is 1. The fourth-order valence-electron chi connectivity index (χ4n) is 3.30. The van der Waals surface area contributed by atoms with E-state index in [1.165, 1.54) is 0 Å². The molecule has 1 aliphatic rings. The summed E-state index contributed by atoms with van der Waals surface area (Å²) in [4.78, 5) is 16.8. The fourth-order valence-corrected chi connectivity index (χ4v) is 4.32. The minimum Gasteiger partial charge on any atom is -0.339 e. The Morgan fingerprint density at radius 2 is 1.78 bits per heavy atom. The van der Waals surface area contributed by atoms with Gasteiger partial charge >= 0.3 is 0 Å². The van der Waals surface area contributed by atoms with Crippen molar-refractivity contribution >= 4 is 15.9 Å². The molecule has 3 N–H and O–H groups in total. The molecule has 1 aliphatic heterocycles. The van der Waals surface area contributed by atoms with Gasteiger partial charge in [-0.15, -0.1) is 0 Å². The van der Waals surface area contributed by atoms with Gasteiger partial charge in [-0.3, -0.25) is 9.69 Å². The van der Waals surface area contributed by atoms with Gasteiger partial charge < -0.3 is 10.6 Å². The Morgan fingerprint density at radius 3 is 2.33 bits per heavy atom. The van der Waals surface area contributed by atoms with E-state index in [9.17, 15) is 13.2 Å². The molecule has 0 saturated carbocycles. The summed E-state index contributed by atoms with van der Waals surface area (Å²) < 4.78 is 27.3. The van der Waals surface area contributed by atoms with Gasteiger partial charge in [-0.1, -0.05) is 31.0 Å². The van der Waals surface area contributed by atoms with Crippen molar-refractivity contribution in [1.29, 1.82) is 0 Å². The van der Waals surface area contributed by atoms with Crippen LogP contribution in [-0.2, 0) is 14.8 Å².